The summed E-state index contributed by atoms with van der Waals surface area (Å²) in [6.45, 7) is 12.7. The second-order valence-electron chi connectivity index (χ2n) is 5.89. The van der Waals surface area contributed by atoms with E-state index in [4.69, 9.17) is 9.47 Å². The fourth-order valence-electron chi connectivity index (χ4n) is 2.82. The summed E-state index contributed by atoms with van der Waals surface area (Å²) in [7, 11) is 1.78. The lowest BCUT2D eigenvalue weighted by Gasteiger charge is -2.46. The Morgan fingerprint density at radius 1 is 1.32 bits per heavy atom. The van der Waals surface area contributed by atoms with Gasteiger partial charge >= 0.3 is 0 Å². The summed E-state index contributed by atoms with van der Waals surface area (Å²) in [5.74, 6) is 0. The summed E-state index contributed by atoms with van der Waals surface area (Å²) in [6.07, 6.45) is 3.46. The van der Waals surface area contributed by atoms with E-state index in [9.17, 15) is 0 Å². The largest absolute Gasteiger partial charge is 0.385 e. The van der Waals surface area contributed by atoms with Gasteiger partial charge in [0.25, 0.3) is 0 Å². The molecule has 0 bridgehead atoms. The molecule has 4 heteroatoms. The third-order valence-corrected chi connectivity index (χ3v) is 4.16. The summed E-state index contributed by atoms with van der Waals surface area (Å²) >= 11 is 0. The highest BCUT2D eigenvalue weighted by atomic mass is 16.5. The number of methoxy groups -OCH3 is 1. The Bertz CT molecular complexity index is 228. The van der Waals surface area contributed by atoms with Crippen LogP contribution in [0.2, 0.25) is 0 Å². The Labute approximate surface area is 118 Å². The smallest absolute Gasteiger partial charge is 0.0594 e. The fourth-order valence-corrected chi connectivity index (χ4v) is 2.82. The van der Waals surface area contributed by atoms with Crippen LogP contribution in [-0.4, -0.2) is 63.0 Å². The SMILES string of the molecule is CCCNC(CCCOC)C(C)(C)N1CCOCC1. The van der Waals surface area contributed by atoms with E-state index in [1.54, 1.807) is 7.11 Å². The van der Waals surface area contributed by atoms with Crippen molar-refractivity contribution >= 4 is 0 Å². The van der Waals surface area contributed by atoms with E-state index in [0.29, 0.717) is 6.04 Å². The van der Waals surface area contributed by atoms with E-state index in [1.807, 2.05) is 0 Å². The lowest BCUT2D eigenvalue weighted by molar-refractivity contribution is -0.0251. The van der Waals surface area contributed by atoms with Crippen molar-refractivity contribution in [1.82, 2.24) is 10.2 Å². The van der Waals surface area contributed by atoms with Crippen molar-refractivity contribution in [2.75, 3.05) is 46.6 Å². The zero-order chi connectivity index (χ0) is 14.1. The molecule has 4 nitrogen and oxygen atoms in total. The van der Waals surface area contributed by atoms with Crippen molar-refractivity contribution in [3.8, 4) is 0 Å². The molecule has 1 saturated heterocycles. The molecule has 1 aliphatic rings. The number of hydrogen-bond donors (Lipinski definition) is 1. The van der Waals surface area contributed by atoms with Crippen LogP contribution in [0.15, 0.2) is 0 Å². The number of nitrogens with zero attached hydrogens (tertiary/aromatic N) is 1. The summed E-state index contributed by atoms with van der Waals surface area (Å²) < 4.78 is 10.7. The Balaban J connectivity index is 2.57. The van der Waals surface area contributed by atoms with Gasteiger partial charge in [-0.25, -0.2) is 0 Å². The molecule has 1 fully saturated rings. The van der Waals surface area contributed by atoms with Crippen LogP contribution < -0.4 is 5.32 Å². The molecule has 1 rings (SSSR count). The number of morpholine rings is 1. The fraction of sp³-hybridized carbons (Fsp3) is 1.00. The van der Waals surface area contributed by atoms with Crippen molar-refractivity contribution in [2.45, 2.75) is 51.6 Å². The minimum atomic E-state index is 0.173. The molecular weight excluding hydrogens is 240 g/mol. The minimum Gasteiger partial charge on any atom is -0.385 e. The van der Waals surface area contributed by atoms with Crippen molar-refractivity contribution in [2.24, 2.45) is 0 Å². The van der Waals surface area contributed by atoms with Crippen LogP contribution in [0.5, 0.6) is 0 Å². The van der Waals surface area contributed by atoms with Gasteiger partial charge in [0.1, 0.15) is 0 Å². The van der Waals surface area contributed by atoms with Crippen LogP contribution in [0.3, 0.4) is 0 Å². The quantitative estimate of drug-likeness (QED) is 0.650. The summed E-state index contributed by atoms with van der Waals surface area (Å²) in [4.78, 5) is 2.57. The summed E-state index contributed by atoms with van der Waals surface area (Å²) in [5.41, 5.74) is 0.173. The van der Waals surface area contributed by atoms with E-state index in [1.165, 1.54) is 6.42 Å². The zero-order valence-corrected chi connectivity index (χ0v) is 13.2. The molecule has 0 spiro atoms. The lowest BCUT2D eigenvalue weighted by Crippen LogP contribution is -2.60. The lowest BCUT2D eigenvalue weighted by atomic mass is 9.88. The predicted octanol–water partition coefficient (Wildman–Crippen LogP) is 1.89. The number of hydrogen-bond acceptors (Lipinski definition) is 4. The van der Waals surface area contributed by atoms with Crippen LogP contribution in [0.4, 0.5) is 0 Å². The van der Waals surface area contributed by atoms with E-state index in [-0.39, 0.29) is 5.54 Å². The van der Waals surface area contributed by atoms with Gasteiger partial charge in [0.05, 0.1) is 13.2 Å². The summed E-state index contributed by atoms with van der Waals surface area (Å²) in [6, 6.07) is 0.515. The van der Waals surface area contributed by atoms with Crippen molar-refractivity contribution < 1.29 is 9.47 Å². The predicted molar refractivity (Wildman–Crippen MR) is 79.7 cm³/mol. The molecule has 0 saturated carbocycles. The maximum absolute atomic E-state index is 5.47. The Kier molecular flexibility index (Phi) is 7.91. The van der Waals surface area contributed by atoms with Crippen LogP contribution in [0, 0.1) is 0 Å². The molecule has 19 heavy (non-hydrogen) atoms. The highest BCUT2D eigenvalue weighted by Gasteiger charge is 2.35. The zero-order valence-electron chi connectivity index (χ0n) is 13.2. The molecule has 1 aliphatic heterocycles. The van der Waals surface area contributed by atoms with Gasteiger partial charge < -0.3 is 14.8 Å². The van der Waals surface area contributed by atoms with E-state index < -0.39 is 0 Å². The first-order valence-electron chi connectivity index (χ1n) is 7.68. The molecule has 0 radical (unpaired) electrons. The standard InChI is InChI=1S/C15H32N2O2/c1-5-8-16-14(7-6-11-18-4)15(2,3)17-9-12-19-13-10-17/h14,16H,5-13H2,1-4H3. The van der Waals surface area contributed by atoms with E-state index >= 15 is 0 Å². The topological polar surface area (TPSA) is 33.7 Å². The van der Waals surface area contributed by atoms with Crippen LogP contribution >= 0.6 is 0 Å². The molecule has 1 heterocycles. The molecular formula is C15H32N2O2. The van der Waals surface area contributed by atoms with Gasteiger partial charge in [0.2, 0.25) is 0 Å². The molecule has 0 aromatic rings. The monoisotopic (exact) mass is 272 g/mol. The Hall–Kier alpha value is -0.160. The number of nitrogens with one attached hydrogen (secondary N) is 1. The Morgan fingerprint density at radius 2 is 2.00 bits per heavy atom. The first-order chi connectivity index (χ1) is 9.12. The van der Waals surface area contributed by atoms with E-state index in [2.05, 4.69) is 31.0 Å². The van der Waals surface area contributed by atoms with Gasteiger partial charge in [-0.3, -0.25) is 4.90 Å². The second kappa shape index (κ2) is 8.90. The molecule has 1 unspecified atom stereocenters. The van der Waals surface area contributed by atoms with Crippen molar-refractivity contribution in [3.05, 3.63) is 0 Å². The van der Waals surface area contributed by atoms with Crippen LogP contribution in [-0.2, 0) is 9.47 Å². The third kappa shape index (κ3) is 5.38. The second-order valence-corrected chi connectivity index (χ2v) is 5.89. The van der Waals surface area contributed by atoms with Crippen LogP contribution in [0.1, 0.15) is 40.0 Å². The van der Waals surface area contributed by atoms with Crippen molar-refractivity contribution in [1.29, 1.82) is 0 Å². The first-order valence-corrected chi connectivity index (χ1v) is 7.68. The van der Waals surface area contributed by atoms with Gasteiger partial charge in [-0.15, -0.1) is 0 Å². The maximum Gasteiger partial charge on any atom is 0.0594 e. The van der Waals surface area contributed by atoms with Gasteiger partial charge in [-0.05, 0) is 39.7 Å². The average Bonchev–Trinajstić information content (AvgIpc) is 2.43. The average molecular weight is 272 g/mol. The first kappa shape index (κ1) is 16.9. The molecule has 1 atom stereocenters. The van der Waals surface area contributed by atoms with Gasteiger partial charge in [0, 0.05) is 38.4 Å². The number of rotatable bonds is 9. The summed E-state index contributed by atoms with van der Waals surface area (Å²) in [5, 5.41) is 3.73. The van der Waals surface area contributed by atoms with Gasteiger partial charge in [-0.2, -0.15) is 0 Å². The molecule has 114 valence electrons. The maximum atomic E-state index is 5.47. The Morgan fingerprint density at radius 3 is 2.58 bits per heavy atom. The molecule has 0 amide bonds. The molecule has 0 aliphatic carbocycles. The minimum absolute atomic E-state index is 0.173. The third-order valence-electron chi connectivity index (χ3n) is 4.16. The number of ether oxygens (including phenoxy) is 2. The van der Waals surface area contributed by atoms with Gasteiger partial charge in [0.15, 0.2) is 0 Å². The normalized spacial score (nSPS) is 19.6. The molecule has 1 N–H and O–H groups in total. The van der Waals surface area contributed by atoms with Crippen LogP contribution in [0.25, 0.3) is 0 Å². The van der Waals surface area contributed by atoms with Gasteiger partial charge in [-0.1, -0.05) is 6.92 Å². The molecule has 0 aromatic carbocycles. The van der Waals surface area contributed by atoms with Crippen molar-refractivity contribution in [3.63, 3.8) is 0 Å². The highest BCUT2D eigenvalue weighted by molar-refractivity contribution is 4.94. The highest BCUT2D eigenvalue weighted by Crippen LogP contribution is 2.23. The van der Waals surface area contributed by atoms with E-state index in [0.717, 1.165) is 52.3 Å². The molecule has 0 aromatic heterocycles.